The van der Waals surface area contributed by atoms with Crippen molar-refractivity contribution in [2.75, 3.05) is 13.2 Å². The Morgan fingerprint density at radius 3 is 1.85 bits per heavy atom. The van der Waals surface area contributed by atoms with Crippen LogP contribution >= 0.6 is 12.2 Å². The highest BCUT2D eigenvalue weighted by atomic mass is 32.1. The smallest absolute Gasteiger partial charge is 0.186 e. The lowest BCUT2D eigenvalue weighted by Gasteiger charge is -2.08. The number of thiocarbonyl (C=S) groups is 1. The molecule has 188 valence electrons. The minimum Gasteiger partial charge on any atom is -0.493 e. The maximum Gasteiger partial charge on any atom is 0.186 e. The van der Waals surface area contributed by atoms with Crippen LogP contribution in [0.5, 0.6) is 5.75 Å². The monoisotopic (exact) mass is 475 g/mol. The summed E-state index contributed by atoms with van der Waals surface area (Å²) in [4.78, 5) is 0. The van der Waals surface area contributed by atoms with Gasteiger partial charge in [0.1, 0.15) is 5.75 Å². The quantitative estimate of drug-likeness (QED) is 0.0815. The van der Waals surface area contributed by atoms with Crippen molar-refractivity contribution >= 4 is 23.5 Å². The van der Waals surface area contributed by atoms with Crippen LogP contribution in [-0.4, -0.2) is 24.5 Å². The average Bonchev–Trinajstić information content (AvgIpc) is 2.82. The predicted octanol–water partition coefficient (Wildman–Crippen LogP) is 8.14. The molecular formula is C28H49N3OS. The molecule has 0 saturated heterocycles. The van der Waals surface area contributed by atoms with E-state index in [2.05, 4.69) is 22.8 Å². The molecule has 0 saturated carbocycles. The van der Waals surface area contributed by atoms with Gasteiger partial charge in [-0.2, -0.15) is 5.10 Å². The molecule has 0 atom stereocenters. The molecule has 0 unspecified atom stereocenters. The first kappa shape index (κ1) is 29.4. The SMILES string of the molecule is CCCCCCCCCCCCCCCCCCNC(=S)NN=Cc1ccccc1OCC. The second kappa shape index (κ2) is 22.2. The molecule has 4 nitrogen and oxygen atoms in total. The normalized spacial score (nSPS) is 11.1. The Morgan fingerprint density at radius 2 is 1.30 bits per heavy atom. The molecule has 33 heavy (non-hydrogen) atoms. The summed E-state index contributed by atoms with van der Waals surface area (Å²) in [7, 11) is 0. The summed E-state index contributed by atoms with van der Waals surface area (Å²) in [6.45, 7) is 5.80. The first-order chi connectivity index (χ1) is 16.3. The van der Waals surface area contributed by atoms with E-state index >= 15 is 0 Å². The zero-order valence-corrected chi connectivity index (χ0v) is 22.2. The maximum atomic E-state index is 5.59. The van der Waals surface area contributed by atoms with Gasteiger partial charge < -0.3 is 10.1 Å². The van der Waals surface area contributed by atoms with Gasteiger partial charge in [0.05, 0.1) is 12.8 Å². The summed E-state index contributed by atoms with van der Waals surface area (Å²) in [6.07, 6.45) is 23.9. The van der Waals surface area contributed by atoms with E-state index in [1.807, 2.05) is 31.2 Å². The third kappa shape index (κ3) is 17.5. The summed E-state index contributed by atoms with van der Waals surface area (Å²) < 4.78 is 5.59. The number of unbranched alkanes of at least 4 members (excludes halogenated alkanes) is 15. The Kier molecular flexibility index (Phi) is 19.8. The van der Waals surface area contributed by atoms with Gasteiger partial charge in [-0.25, -0.2) is 0 Å². The number of ether oxygens (including phenoxy) is 1. The fraction of sp³-hybridized carbons (Fsp3) is 0.714. The summed E-state index contributed by atoms with van der Waals surface area (Å²) in [5.74, 6) is 0.831. The number of hydrogen-bond acceptors (Lipinski definition) is 3. The van der Waals surface area contributed by atoms with E-state index in [-0.39, 0.29) is 0 Å². The molecule has 0 aromatic heterocycles. The number of nitrogens with one attached hydrogen (secondary N) is 2. The second-order valence-corrected chi connectivity index (χ2v) is 9.31. The number of nitrogens with zero attached hydrogens (tertiary/aromatic N) is 1. The van der Waals surface area contributed by atoms with Gasteiger partial charge in [-0.05, 0) is 37.7 Å². The van der Waals surface area contributed by atoms with Crippen LogP contribution in [-0.2, 0) is 0 Å². The Morgan fingerprint density at radius 1 is 0.788 bits per heavy atom. The van der Waals surface area contributed by atoms with Crippen molar-refractivity contribution in [2.45, 2.75) is 117 Å². The van der Waals surface area contributed by atoms with E-state index in [4.69, 9.17) is 17.0 Å². The minimum atomic E-state index is 0.570. The van der Waals surface area contributed by atoms with Gasteiger partial charge in [-0.3, -0.25) is 5.43 Å². The Bertz CT molecular complexity index is 621. The zero-order valence-electron chi connectivity index (χ0n) is 21.4. The number of rotatable bonds is 21. The van der Waals surface area contributed by atoms with E-state index in [1.54, 1.807) is 6.21 Å². The molecule has 0 radical (unpaired) electrons. The van der Waals surface area contributed by atoms with Gasteiger partial charge in [0.2, 0.25) is 0 Å². The maximum absolute atomic E-state index is 5.59. The molecule has 1 rings (SSSR count). The van der Waals surface area contributed by atoms with Crippen molar-refractivity contribution in [3.05, 3.63) is 29.8 Å². The Labute approximate surface area is 209 Å². The van der Waals surface area contributed by atoms with Gasteiger partial charge in [0.15, 0.2) is 5.11 Å². The summed E-state index contributed by atoms with van der Waals surface area (Å²) in [5.41, 5.74) is 3.83. The molecule has 1 aromatic rings. The fourth-order valence-corrected chi connectivity index (χ4v) is 4.10. The van der Waals surface area contributed by atoms with Crippen LogP contribution < -0.4 is 15.5 Å². The van der Waals surface area contributed by atoms with E-state index < -0.39 is 0 Å². The number of benzene rings is 1. The van der Waals surface area contributed by atoms with Crippen molar-refractivity contribution in [3.63, 3.8) is 0 Å². The standard InChI is InChI=1S/C28H49N3OS/c1-3-5-6-7-8-9-10-11-12-13-14-15-16-17-18-21-24-29-28(33)31-30-25-26-22-19-20-23-27(26)32-4-2/h19-20,22-23,25H,3-18,21,24H2,1-2H3,(H2,29,31,33). The predicted molar refractivity (Wildman–Crippen MR) is 148 cm³/mol. The van der Waals surface area contributed by atoms with Gasteiger partial charge in [0, 0.05) is 12.1 Å². The first-order valence-corrected chi connectivity index (χ1v) is 14.0. The van der Waals surface area contributed by atoms with Crippen LogP contribution in [0.1, 0.15) is 122 Å². The van der Waals surface area contributed by atoms with Crippen molar-refractivity contribution in [2.24, 2.45) is 5.10 Å². The van der Waals surface area contributed by atoms with E-state index in [0.717, 1.165) is 24.3 Å². The molecule has 0 fully saturated rings. The minimum absolute atomic E-state index is 0.570. The van der Waals surface area contributed by atoms with Crippen LogP contribution in [0.25, 0.3) is 0 Å². The van der Waals surface area contributed by atoms with Crippen LogP contribution in [0.2, 0.25) is 0 Å². The van der Waals surface area contributed by atoms with Crippen LogP contribution in [0.3, 0.4) is 0 Å². The van der Waals surface area contributed by atoms with Crippen LogP contribution in [0, 0.1) is 0 Å². The van der Waals surface area contributed by atoms with Crippen molar-refractivity contribution in [1.82, 2.24) is 10.7 Å². The Balaban J connectivity index is 1.87. The summed E-state index contributed by atoms with van der Waals surface area (Å²) in [6, 6.07) is 7.85. The van der Waals surface area contributed by atoms with Gasteiger partial charge in [-0.15, -0.1) is 0 Å². The molecule has 0 aliphatic carbocycles. The third-order valence-electron chi connectivity index (χ3n) is 5.90. The largest absolute Gasteiger partial charge is 0.493 e. The van der Waals surface area contributed by atoms with E-state index in [1.165, 1.54) is 96.3 Å². The van der Waals surface area contributed by atoms with Crippen molar-refractivity contribution < 1.29 is 4.74 Å². The molecule has 0 amide bonds. The summed E-state index contributed by atoms with van der Waals surface area (Å²) in [5, 5.41) is 8.02. The first-order valence-electron chi connectivity index (χ1n) is 13.6. The second-order valence-electron chi connectivity index (χ2n) is 8.90. The summed E-state index contributed by atoms with van der Waals surface area (Å²) >= 11 is 5.30. The van der Waals surface area contributed by atoms with Crippen LogP contribution in [0.4, 0.5) is 0 Å². The highest BCUT2D eigenvalue weighted by Gasteiger charge is 1.99. The molecule has 0 heterocycles. The van der Waals surface area contributed by atoms with Crippen LogP contribution in [0.15, 0.2) is 29.4 Å². The topological polar surface area (TPSA) is 45.7 Å². The van der Waals surface area contributed by atoms with E-state index in [9.17, 15) is 0 Å². The fourth-order valence-electron chi connectivity index (χ4n) is 3.95. The number of para-hydroxylation sites is 1. The average molecular weight is 476 g/mol. The molecule has 0 aliphatic rings. The van der Waals surface area contributed by atoms with Crippen molar-refractivity contribution in [1.29, 1.82) is 0 Å². The number of hydrogen-bond donors (Lipinski definition) is 2. The zero-order chi connectivity index (χ0) is 23.8. The van der Waals surface area contributed by atoms with Gasteiger partial charge >= 0.3 is 0 Å². The molecule has 0 bridgehead atoms. The lowest BCUT2D eigenvalue weighted by molar-refractivity contribution is 0.340. The lowest BCUT2D eigenvalue weighted by atomic mass is 10.0. The molecular weight excluding hydrogens is 426 g/mol. The molecule has 0 spiro atoms. The van der Waals surface area contributed by atoms with Gasteiger partial charge in [-0.1, -0.05) is 115 Å². The van der Waals surface area contributed by atoms with Crippen molar-refractivity contribution in [3.8, 4) is 5.75 Å². The van der Waals surface area contributed by atoms with Gasteiger partial charge in [0.25, 0.3) is 0 Å². The molecule has 0 aliphatic heterocycles. The highest BCUT2D eigenvalue weighted by Crippen LogP contribution is 2.15. The molecule has 1 aromatic carbocycles. The Hall–Kier alpha value is -1.62. The molecule has 2 N–H and O–H groups in total. The number of hydrazone groups is 1. The van der Waals surface area contributed by atoms with E-state index in [0.29, 0.717) is 11.7 Å². The third-order valence-corrected chi connectivity index (χ3v) is 6.14. The molecule has 5 heteroatoms. The highest BCUT2D eigenvalue weighted by molar-refractivity contribution is 7.80. The lowest BCUT2D eigenvalue weighted by Crippen LogP contribution is -2.32.